The number of nitrogens with one attached hydrogen (secondary N) is 1. The fraction of sp³-hybridized carbons (Fsp3) is 0.538. The Morgan fingerprint density at radius 2 is 2.15 bits per heavy atom. The van der Waals surface area contributed by atoms with Gasteiger partial charge in [0.25, 0.3) is 5.69 Å². The van der Waals surface area contributed by atoms with Gasteiger partial charge < -0.3 is 10.4 Å². The molecule has 0 aliphatic carbocycles. The van der Waals surface area contributed by atoms with Crippen LogP contribution in [0, 0.1) is 25.4 Å². The van der Waals surface area contributed by atoms with Gasteiger partial charge in [-0.1, -0.05) is 13.8 Å². The SMILES string of the molecule is CC(C)CC(C)(O)CNc1cc(F)c(I)cc1[N+](=O)[O-]. The molecule has 7 heteroatoms. The van der Waals surface area contributed by atoms with Crippen molar-refractivity contribution in [3.63, 3.8) is 0 Å². The molecule has 20 heavy (non-hydrogen) atoms. The second kappa shape index (κ2) is 6.66. The van der Waals surface area contributed by atoms with Crippen LogP contribution in [-0.4, -0.2) is 22.2 Å². The normalized spacial score (nSPS) is 14.2. The molecule has 0 heterocycles. The Balaban J connectivity index is 2.92. The number of nitro benzene ring substituents is 1. The highest BCUT2D eigenvalue weighted by molar-refractivity contribution is 14.1. The third kappa shape index (κ3) is 4.86. The molecule has 0 bridgehead atoms. The van der Waals surface area contributed by atoms with Gasteiger partial charge in [-0.15, -0.1) is 0 Å². The molecule has 0 radical (unpaired) electrons. The molecule has 1 atom stereocenters. The van der Waals surface area contributed by atoms with Crippen LogP contribution in [0.15, 0.2) is 12.1 Å². The van der Waals surface area contributed by atoms with Crippen molar-refractivity contribution < 1.29 is 14.4 Å². The first kappa shape index (κ1) is 17.1. The Hall–Kier alpha value is -0.960. The second-order valence-electron chi connectivity index (χ2n) is 5.49. The van der Waals surface area contributed by atoms with E-state index in [1.807, 2.05) is 13.8 Å². The van der Waals surface area contributed by atoms with Crippen LogP contribution in [0.25, 0.3) is 0 Å². The highest BCUT2D eigenvalue weighted by atomic mass is 127. The van der Waals surface area contributed by atoms with Crippen LogP contribution < -0.4 is 5.32 Å². The molecule has 1 aromatic rings. The van der Waals surface area contributed by atoms with E-state index in [2.05, 4.69) is 5.32 Å². The van der Waals surface area contributed by atoms with Gasteiger partial charge in [0.05, 0.1) is 14.1 Å². The number of anilines is 1. The van der Waals surface area contributed by atoms with E-state index in [0.717, 1.165) is 6.07 Å². The average Bonchev–Trinajstić information content (AvgIpc) is 2.28. The van der Waals surface area contributed by atoms with Gasteiger partial charge in [0.2, 0.25) is 0 Å². The zero-order chi connectivity index (χ0) is 15.5. The molecule has 1 rings (SSSR count). The van der Waals surface area contributed by atoms with Crippen LogP contribution in [0.4, 0.5) is 15.8 Å². The molecule has 0 aromatic heterocycles. The number of aliphatic hydroxyl groups is 1. The van der Waals surface area contributed by atoms with Gasteiger partial charge in [-0.25, -0.2) is 4.39 Å². The number of nitrogens with zero attached hydrogens (tertiary/aromatic N) is 1. The first-order chi connectivity index (χ1) is 9.12. The third-order valence-electron chi connectivity index (χ3n) is 2.74. The standard InChI is InChI=1S/C13H18FIN2O3/c1-8(2)6-13(3,18)7-16-11-4-9(14)10(15)5-12(11)17(19)20/h4-5,8,16,18H,6-7H2,1-3H3. The number of hydrogen-bond donors (Lipinski definition) is 2. The summed E-state index contributed by atoms with van der Waals surface area (Å²) < 4.78 is 13.7. The lowest BCUT2D eigenvalue weighted by molar-refractivity contribution is -0.384. The van der Waals surface area contributed by atoms with Crippen LogP contribution in [0.5, 0.6) is 0 Å². The summed E-state index contributed by atoms with van der Waals surface area (Å²) in [7, 11) is 0. The van der Waals surface area contributed by atoms with Crippen molar-refractivity contribution >= 4 is 34.0 Å². The van der Waals surface area contributed by atoms with Crippen LogP contribution >= 0.6 is 22.6 Å². The third-order valence-corrected chi connectivity index (χ3v) is 3.57. The lowest BCUT2D eigenvalue weighted by Crippen LogP contribution is -2.35. The molecule has 112 valence electrons. The number of halogens is 2. The number of rotatable bonds is 6. The summed E-state index contributed by atoms with van der Waals surface area (Å²) in [5.41, 5.74) is -1.13. The molecule has 0 aliphatic heterocycles. The molecule has 0 saturated heterocycles. The summed E-state index contributed by atoms with van der Waals surface area (Å²) in [6, 6.07) is 2.26. The molecule has 0 spiro atoms. The minimum atomic E-state index is -1.01. The van der Waals surface area contributed by atoms with Crippen LogP contribution in [0.2, 0.25) is 0 Å². The zero-order valence-corrected chi connectivity index (χ0v) is 13.8. The van der Waals surface area contributed by atoms with Crippen molar-refractivity contribution in [3.8, 4) is 0 Å². The molecule has 0 saturated carbocycles. The second-order valence-corrected chi connectivity index (χ2v) is 6.65. The first-order valence-electron chi connectivity index (χ1n) is 6.22. The highest BCUT2D eigenvalue weighted by Gasteiger charge is 2.24. The van der Waals surface area contributed by atoms with Gasteiger partial charge in [-0.3, -0.25) is 10.1 Å². The Bertz CT molecular complexity index is 507. The first-order valence-corrected chi connectivity index (χ1v) is 7.30. The van der Waals surface area contributed by atoms with Gasteiger partial charge in [-0.05, 0) is 41.9 Å². The maximum Gasteiger partial charge on any atom is 0.293 e. The molecular formula is C13H18FIN2O3. The lowest BCUT2D eigenvalue weighted by atomic mass is 9.94. The Labute approximate surface area is 130 Å². The summed E-state index contributed by atoms with van der Waals surface area (Å²) >= 11 is 1.70. The van der Waals surface area contributed by atoms with Gasteiger partial charge >= 0.3 is 0 Å². The summed E-state index contributed by atoms with van der Waals surface area (Å²) in [4.78, 5) is 10.4. The van der Waals surface area contributed by atoms with Crippen molar-refractivity contribution in [2.75, 3.05) is 11.9 Å². The Kier molecular flexibility index (Phi) is 5.69. The minimum absolute atomic E-state index is 0.0805. The molecular weight excluding hydrogens is 378 g/mol. The van der Waals surface area contributed by atoms with E-state index in [9.17, 15) is 19.6 Å². The van der Waals surface area contributed by atoms with Crippen molar-refractivity contribution in [3.05, 3.63) is 31.6 Å². The van der Waals surface area contributed by atoms with Crippen LogP contribution in [0.3, 0.4) is 0 Å². The van der Waals surface area contributed by atoms with E-state index in [0.29, 0.717) is 6.42 Å². The van der Waals surface area contributed by atoms with Crippen molar-refractivity contribution in [2.24, 2.45) is 5.92 Å². The smallest absolute Gasteiger partial charge is 0.293 e. The van der Waals surface area contributed by atoms with E-state index < -0.39 is 16.3 Å². The van der Waals surface area contributed by atoms with Crippen LogP contribution in [0.1, 0.15) is 27.2 Å². The van der Waals surface area contributed by atoms with Crippen molar-refractivity contribution in [1.82, 2.24) is 0 Å². The molecule has 1 unspecified atom stereocenters. The van der Waals surface area contributed by atoms with Crippen molar-refractivity contribution in [2.45, 2.75) is 32.8 Å². The molecule has 5 nitrogen and oxygen atoms in total. The Morgan fingerprint density at radius 1 is 1.55 bits per heavy atom. The molecule has 1 aromatic carbocycles. The molecule has 0 aliphatic rings. The molecule has 2 N–H and O–H groups in total. The zero-order valence-electron chi connectivity index (χ0n) is 11.6. The fourth-order valence-corrected chi connectivity index (χ4v) is 2.52. The topological polar surface area (TPSA) is 75.4 Å². The number of benzene rings is 1. The summed E-state index contributed by atoms with van der Waals surface area (Å²) in [6.07, 6.45) is 0.542. The maximum atomic E-state index is 13.5. The van der Waals surface area contributed by atoms with Gasteiger partial charge in [0.1, 0.15) is 11.5 Å². The van der Waals surface area contributed by atoms with Crippen molar-refractivity contribution in [1.29, 1.82) is 0 Å². The molecule has 0 fully saturated rings. The minimum Gasteiger partial charge on any atom is -0.388 e. The molecule has 0 amide bonds. The fourth-order valence-electron chi connectivity index (χ4n) is 2.07. The van der Waals surface area contributed by atoms with E-state index in [-0.39, 0.29) is 27.4 Å². The summed E-state index contributed by atoms with van der Waals surface area (Å²) in [5.74, 6) is -0.238. The number of nitro groups is 1. The monoisotopic (exact) mass is 396 g/mol. The van der Waals surface area contributed by atoms with E-state index >= 15 is 0 Å². The van der Waals surface area contributed by atoms with Gasteiger partial charge in [0.15, 0.2) is 0 Å². The Morgan fingerprint density at radius 3 is 2.65 bits per heavy atom. The largest absolute Gasteiger partial charge is 0.388 e. The van der Waals surface area contributed by atoms with Crippen LogP contribution in [-0.2, 0) is 0 Å². The summed E-state index contributed by atoms with van der Waals surface area (Å²) in [6.45, 7) is 5.71. The quantitative estimate of drug-likeness (QED) is 0.438. The predicted octanol–water partition coefficient (Wildman–Crippen LogP) is 3.55. The average molecular weight is 396 g/mol. The lowest BCUT2D eigenvalue weighted by Gasteiger charge is -2.26. The highest BCUT2D eigenvalue weighted by Crippen LogP contribution is 2.29. The van der Waals surface area contributed by atoms with E-state index in [4.69, 9.17) is 0 Å². The van der Waals surface area contributed by atoms with Gasteiger partial charge in [0, 0.05) is 18.7 Å². The number of hydrogen-bond acceptors (Lipinski definition) is 4. The predicted molar refractivity (Wildman–Crippen MR) is 84.3 cm³/mol. The maximum absolute atomic E-state index is 13.5. The van der Waals surface area contributed by atoms with E-state index in [1.54, 1.807) is 29.5 Å². The van der Waals surface area contributed by atoms with Gasteiger partial charge in [-0.2, -0.15) is 0 Å². The summed E-state index contributed by atoms with van der Waals surface area (Å²) in [5, 5.41) is 23.9. The van der Waals surface area contributed by atoms with E-state index in [1.165, 1.54) is 6.07 Å².